The zero-order valence-electron chi connectivity index (χ0n) is 20.8. The first-order chi connectivity index (χ1) is 18.4. The predicted octanol–water partition coefficient (Wildman–Crippen LogP) is 5.79. The van der Waals surface area contributed by atoms with Crippen LogP contribution in [0.25, 0.3) is 23.0 Å². The zero-order chi connectivity index (χ0) is 26.6. The minimum atomic E-state index is -0.408. The molecule has 0 radical (unpaired) electrons. The van der Waals surface area contributed by atoms with Crippen LogP contribution >= 0.6 is 24.0 Å². The van der Waals surface area contributed by atoms with Crippen molar-refractivity contribution in [3.8, 4) is 22.7 Å². The number of hydrogen-bond donors (Lipinski definition) is 1. The summed E-state index contributed by atoms with van der Waals surface area (Å²) in [4.78, 5) is 26.4. The molecule has 9 heteroatoms. The lowest BCUT2D eigenvalue weighted by Crippen LogP contribution is -2.44. The third kappa shape index (κ3) is 5.39. The number of ether oxygens (including phenoxy) is 1. The third-order valence-electron chi connectivity index (χ3n) is 5.81. The molecule has 1 aromatic heterocycles. The Bertz CT molecular complexity index is 1530. The number of carbonyl (C=O) groups excluding carboxylic acids is 2. The van der Waals surface area contributed by atoms with Crippen LogP contribution in [-0.2, 0) is 4.79 Å². The fraction of sp³-hybridized carbons (Fsp3) is 0.103. The van der Waals surface area contributed by atoms with Gasteiger partial charge in [-0.25, -0.2) is 4.68 Å². The molecule has 1 saturated heterocycles. The number of rotatable bonds is 7. The highest BCUT2D eigenvalue weighted by Gasteiger charge is 2.34. The van der Waals surface area contributed by atoms with Crippen molar-refractivity contribution in [3.63, 3.8) is 0 Å². The van der Waals surface area contributed by atoms with Crippen LogP contribution in [-0.4, -0.2) is 37.5 Å². The molecule has 0 unspecified atom stereocenters. The summed E-state index contributed by atoms with van der Waals surface area (Å²) in [6.45, 7) is 4.46. The molecule has 0 atom stereocenters. The van der Waals surface area contributed by atoms with Crippen LogP contribution in [0.3, 0.4) is 0 Å². The molecule has 0 bridgehead atoms. The van der Waals surface area contributed by atoms with Gasteiger partial charge in [-0.05, 0) is 80.7 Å². The molecule has 0 spiro atoms. The van der Waals surface area contributed by atoms with Gasteiger partial charge in [0.15, 0.2) is 4.32 Å². The molecular formula is C29H24N4O3S2. The molecule has 0 saturated carbocycles. The fourth-order valence-electron chi connectivity index (χ4n) is 3.88. The quantitative estimate of drug-likeness (QED) is 0.236. The summed E-state index contributed by atoms with van der Waals surface area (Å²) in [6, 6.07) is 24.5. The standard InChI is InChI=1S/C29H24N4O3S2/c1-3-36-24-15-13-20(14-16-24)26-22(18-32(30-26)23-7-5-4-6-8-23)17-25-28(35)33(29(37)38-25)31-27(34)21-11-9-19(2)10-12-21/h4-18H,3H2,1-2H3,(H,31,34). The van der Waals surface area contributed by atoms with E-state index in [2.05, 4.69) is 5.43 Å². The predicted molar refractivity (Wildman–Crippen MR) is 154 cm³/mol. The van der Waals surface area contributed by atoms with E-state index >= 15 is 0 Å². The highest BCUT2D eigenvalue weighted by Crippen LogP contribution is 2.34. The van der Waals surface area contributed by atoms with Crippen molar-refractivity contribution in [2.45, 2.75) is 13.8 Å². The minimum Gasteiger partial charge on any atom is -0.494 e. The Hall–Kier alpha value is -4.21. The van der Waals surface area contributed by atoms with E-state index in [1.165, 1.54) is 0 Å². The second-order valence-electron chi connectivity index (χ2n) is 8.49. The molecule has 3 aromatic carbocycles. The van der Waals surface area contributed by atoms with E-state index in [0.29, 0.717) is 22.8 Å². The molecule has 1 fully saturated rings. The second-order valence-corrected chi connectivity index (χ2v) is 10.2. The number of nitrogens with zero attached hydrogens (tertiary/aromatic N) is 3. The molecule has 5 rings (SSSR count). The Labute approximate surface area is 230 Å². The molecule has 1 aliphatic rings. The maximum Gasteiger partial charge on any atom is 0.285 e. The molecule has 1 aliphatic heterocycles. The summed E-state index contributed by atoms with van der Waals surface area (Å²) in [5.41, 5.74) is 7.31. The molecular weight excluding hydrogens is 516 g/mol. The number of hydrogen-bond acceptors (Lipinski definition) is 6. The number of benzene rings is 3. The van der Waals surface area contributed by atoms with Gasteiger partial charge < -0.3 is 4.74 Å². The number of thioether (sulfide) groups is 1. The van der Waals surface area contributed by atoms with Crippen molar-refractivity contribution in [2.24, 2.45) is 0 Å². The van der Waals surface area contributed by atoms with E-state index in [0.717, 1.165) is 44.9 Å². The van der Waals surface area contributed by atoms with Crippen LogP contribution in [0.1, 0.15) is 28.4 Å². The molecule has 1 N–H and O–H groups in total. The maximum atomic E-state index is 13.3. The minimum absolute atomic E-state index is 0.250. The third-order valence-corrected chi connectivity index (χ3v) is 7.11. The van der Waals surface area contributed by atoms with Gasteiger partial charge >= 0.3 is 0 Å². The number of thiocarbonyl (C=S) groups is 1. The van der Waals surface area contributed by atoms with Gasteiger partial charge in [0.25, 0.3) is 11.8 Å². The first-order valence-corrected chi connectivity index (χ1v) is 13.2. The van der Waals surface area contributed by atoms with Gasteiger partial charge in [0.05, 0.1) is 22.9 Å². The lowest BCUT2D eigenvalue weighted by atomic mass is 10.1. The summed E-state index contributed by atoms with van der Waals surface area (Å²) in [7, 11) is 0. The first kappa shape index (κ1) is 25.4. The van der Waals surface area contributed by atoms with Crippen LogP contribution in [0.15, 0.2) is 90.0 Å². The van der Waals surface area contributed by atoms with E-state index in [1.54, 1.807) is 22.9 Å². The normalized spacial score (nSPS) is 14.3. The van der Waals surface area contributed by atoms with Crippen LogP contribution in [0.5, 0.6) is 5.75 Å². The summed E-state index contributed by atoms with van der Waals surface area (Å²) in [5, 5.41) is 5.94. The average molecular weight is 541 g/mol. The second kappa shape index (κ2) is 11.0. The van der Waals surface area contributed by atoms with Gasteiger partial charge in [-0.15, -0.1) is 0 Å². The summed E-state index contributed by atoms with van der Waals surface area (Å²) in [6.07, 6.45) is 3.63. The fourth-order valence-corrected chi connectivity index (χ4v) is 5.05. The molecule has 7 nitrogen and oxygen atoms in total. The first-order valence-electron chi connectivity index (χ1n) is 12.0. The van der Waals surface area contributed by atoms with Gasteiger partial charge in [0.1, 0.15) is 5.75 Å². The Morgan fingerprint density at radius 3 is 2.45 bits per heavy atom. The van der Waals surface area contributed by atoms with Gasteiger partial charge in [-0.3, -0.25) is 15.0 Å². The molecule has 190 valence electrons. The van der Waals surface area contributed by atoms with Crippen molar-refractivity contribution in [3.05, 3.63) is 107 Å². The van der Waals surface area contributed by atoms with Crippen LogP contribution in [0.4, 0.5) is 0 Å². The maximum absolute atomic E-state index is 13.3. The molecule has 38 heavy (non-hydrogen) atoms. The summed E-state index contributed by atoms with van der Waals surface area (Å²) >= 11 is 6.56. The van der Waals surface area contributed by atoms with E-state index in [4.69, 9.17) is 22.1 Å². The highest BCUT2D eigenvalue weighted by atomic mass is 32.2. The summed E-state index contributed by atoms with van der Waals surface area (Å²) in [5.74, 6) is -0.0365. The number of nitrogens with one attached hydrogen (secondary N) is 1. The van der Waals surface area contributed by atoms with Gasteiger partial charge in [-0.1, -0.05) is 47.7 Å². The van der Waals surface area contributed by atoms with Gasteiger partial charge in [0.2, 0.25) is 0 Å². The monoisotopic (exact) mass is 540 g/mol. The van der Waals surface area contributed by atoms with E-state index in [1.807, 2.05) is 86.8 Å². The smallest absolute Gasteiger partial charge is 0.285 e. The number of carbonyl (C=O) groups is 2. The van der Waals surface area contributed by atoms with Gasteiger partial charge in [0, 0.05) is 22.9 Å². The SMILES string of the molecule is CCOc1ccc(-c2nn(-c3ccccc3)cc2C=C2SC(=S)N(NC(=O)c3ccc(C)cc3)C2=O)cc1. The molecule has 4 aromatic rings. The van der Waals surface area contributed by atoms with Crippen LogP contribution in [0.2, 0.25) is 0 Å². The number of hydrazine groups is 1. The zero-order valence-corrected chi connectivity index (χ0v) is 22.4. The Morgan fingerprint density at radius 2 is 1.76 bits per heavy atom. The Kier molecular flexibility index (Phi) is 7.39. The van der Waals surface area contributed by atoms with Crippen molar-refractivity contribution in [1.82, 2.24) is 20.2 Å². The highest BCUT2D eigenvalue weighted by molar-refractivity contribution is 8.26. The molecule has 2 heterocycles. The van der Waals surface area contributed by atoms with Crippen molar-refractivity contribution >= 4 is 46.2 Å². The number of para-hydroxylation sites is 1. The van der Waals surface area contributed by atoms with Crippen molar-refractivity contribution in [1.29, 1.82) is 0 Å². The number of aromatic nitrogens is 2. The van der Waals surface area contributed by atoms with E-state index in [9.17, 15) is 9.59 Å². The van der Waals surface area contributed by atoms with E-state index < -0.39 is 11.8 Å². The van der Waals surface area contributed by atoms with E-state index in [-0.39, 0.29) is 4.32 Å². The topological polar surface area (TPSA) is 76.5 Å². The van der Waals surface area contributed by atoms with Crippen molar-refractivity contribution in [2.75, 3.05) is 6.61 Å². The number of aryl methyl sites for hydroxylation is 1. The van der Waals surface area contributed by atoms with Gasteiger partial charge in [-0.2, -0.15) is 10.1 Å². The average Bonchev–Trinajstić information content (AvgIpc) is 3.46. The lowest BCUT2D eigenvalue weighted by Gasteiger charge is -2.15. The Balaban J connectivity index is 1.46. The lowest BCUT2D eigenvalue weighted by molar-refractivity contribution is -0.123. The molecule has 2 amide bonds. The molecule has 0 aliphatic carbocycles. The van der Waals surface area contributed by atoms with Crippen LogP contribution in [0, 0.1) is 6.92 Å². The summed E-state index contributed by atoms with van der Waals surface area (Å²) < 4.78 is 7.60. The number of amides is 2. The van der Waals surface area contributed by atoms with Crippen molar-refractivity contribution < 1.29 is 14.3 Å². The largest absolute Gasteiger partial charge is 0.494 e. The van der Waals surface area contributed by atoms with Crippen LogP contribution < -0.4 is 10.2 Å². The Morgan fingerprint density at radius 1 is 1.05 bits per heavy atom.